The van der Waals surface area contributed by atoms with Crippen molar-refractivity contribution in [1.29, 1.82) is 0 Å². The molecule has 116 valence electrons. The number of aromatic nitrogens is 1. The molecular formula is C17H20N2O3. The molecule has 1 amide bonds. The Bertz CT molecular complexity index is 721. The maximum absolute atomic E-state index is 11.7. The molecule has 2 rings (SSSR count). The van der Waals surface area contributed by atoms with Gasteiger partial charge in [-0.05, 0) is 44.4 Å². The van der Waals surface area contributed by atoms with Gasteiger partial charge in [0.15, 0.2) is 0 Å². The zero-order valence-corrected chi connectivity index (χ0v) is 13.0. The zero-order chi connectivity index (χ0) is 16.4. The number of nitrogens with one attached hydrogen (secondary N) is 2. The van der Waals surface area contributed by atoms with Crippen molar-refractivity contribution >= 4 is 18.0 Å². The molecule has 2 heterocycles. The number of carbonyl (C=O) groups excluding carboxylic acids is 1. The number of amides is 1. The number of aromatic amines is 1. The molecule has 5 heteroatoms. The van der Waals surface area contributed by atoms with Crippen molar-refractivity contribution in [3.63, 3.8) is 0 Å². The fraction of sp³-hybridized carbons (Fsp3) is 0.294. The van der Waals surface area contributed by atoms with E-state index < -0.39 is 5.97 Å². The average molecular weight is 300 g/mol. The second-order valence-corrected chi connectivity index (χ2v) is 5.42. The second-order valence-electron chi connectivity index (χ2n) is 5.42. The molecule has 0 atom stereocenters. The molecule has 3 N–H and O–H groups in total. The van der Waals surface area contributed by atoms with Gasteiger partial charge in [0, 0.05) is 29.0 Å². The summed E-state index contributed by atoms with van der Waals surface area (Å²) in [6.45, 7) is 9.39. The first-order chi connectivity index (χ1) is 10.3. The minimum atomic E-state index is -0.810. The van der Waals surface area contributed by atoms with Crippen LogP contribution < -0.4 is 5.32 Å². The standard InChI is InChI=1S/C17H20N2O3/c1-5-12-10(3)17(22)19-15(12)8-14-9(2)13(11(4)18-14)6-7-16(20)21/h5,8,18H,1,6-7H2,2-4H3,(H,19,22)(H,20,21)/b15-8-. The number of hydrogen-bond acceptors (Lipinski definition) is 2. The van der Waals surface area contributed by atoms with Crippen LogP contribution in [0.2, 0.25) is 0 Å². The lowest BCUT2D eigenvalue weighted by Gasteiger charge is -2.02. The van der Waals surface area contributed by atoms with Crippen LogP contribution in [0.15, 0.2) is 29.5 Å². The quantitative estimate of drug-likeness (QED) is 0.781. The largest absolute Gasteiger partial charge is 0.481 e. The van der Waals surface area contributed by atoms with Gasteiger partial charge in [0.2, 0.25) is 0 Å². The van der Waals surface area contributed by atoms with Crippen molar-refractivity contribution in [2.75, 3.05) is 0 Å². The summed E-state index contributed by atoms with van der Waals surface area (Å²) in [5.74, 6) is -0.927. The van der Waals surface area contributed by atoms with Crippen molar-refractivity contribution in [2.45, 2.75) is 33.6 Å². The van der Waals surface area contributed by atoms with Gasteiger partial charge in [-0.2, -0.15) is 0 Å². The maximum atomic E-state index is 11.7. The number of aryl methyl sites for hydroxylation is 1. The lowest BCUT2D eigenvalue weighted by Crippen LogP contribution is -2.15. The molecule has 0 unspecified atom stereocenters. The molecule has 0 aromatic carbocycles. The van der Waals surface area contributed by atoms with Crippen molar-refractivity contribution in [3.8, 4) is 0 Å². The minimum absolute atomic E-state index is 0.100. The van der Waals surface area contributed by atoms with Crippen molar-refractivity contribution in [1.82, 2.24) is 10.3 Å². The van der Waals surface area contributed by atoms with E-state index in [-0.39, 0.29) is 12.3 Å². The van der Waals surface area contributed by atoms with E-state index in [1.807, 2.05) is 19.9 Å². The first kappa shape index (κ1) is 15.8. The van der Waals surface area contributed by atoms with Crippen LogP contribution in [0.5, 0.6) is 0 Å². The Morgan fingerprint density at radius 2 is 2.00 bits per heavy atom. The molecule has 5 nitrogen and oxygen atoms in total. The summed E-state index contributed by atoms with van der Waals surface area (Å²) in [7, 11) is 0. The molecule has 1 aromatic rings. The maximum Gasteiger partial charge on any atom is 0.303 e. The number of carboxylic acid groups (broad SMARTS) is 1. The van der Waals surface area contributed by atoms with Gasteiger partial charge in [-0.3, -0.25) is 9.59 Å². The summed E-state index contributed by atoms with van der Waals surface area (Å²) in [5.41, 5.74) is 6.01. The molecule has 0 aliphatic carbocycles. The number of hydrogen-bond donors (Lipinski definition) is 3. The third kappa shape index (κ3) is 2.88. The van der Waals surface area contributed by atoms with Crippen LogP contribution in [-0.2, 0) is 16.0 Å². The highest BCUT2D eigenvalue weighted by Crippen LogP contribution is 2.26. The van der Waals surface area contributed by atoms with Crippen LogP contribution >= 0.6 is 0 Å². The van der Waals surface area contributed by atoms with Crippen LogP contribution in [0.3, 0.4) is 0 Å². The molecule has 0 fully saturated rings. The van der Waals surface area contributed by atoms with Crippen LogP contribution in [0.25, 0.3) is 6.08 Å². The van der Waals surface area contributed by atoms with E-state index in [1.54, 1.807) is 13.0 Å². The van der Waals surface area contributed by atoms with Crippen LogP contribution in [0.4, 0.5) is 0 Å². The van der Waals surface area contributed by atoms with E-state index in [4.69, 9.17) is 5.11 Å². The molecule has 22 heavy (non-hydrogen) atoms. The van der Waals surface area contributed by atoms with Crippen LogP contribution in [-0.4, -0.2) is 22.0 Å². The summed E-state index contributed by atoms with van der Waals surface area (Å²) >= 11 is 0. The second kappa shape index (κ2) is 6.05. The molecule has 0 saturated heterocycles. The number of allylic oxidation sites excluding steroid dienone is 1. The molecule has 0 bridgehead atoms. The Morgan fingerprint density at radius 3 is 2.59 bits per heavy atom. The Balaban J connectivity index is 2.37. The lowest BCUT2D eigenvalue weighted by molar-refractivity contribution is -0.137. The third-order valence-electron chi connectivity index (χ3n) is 4.00. The lowest BCUT2D eigenvalue weighted by atomic mass is 10.0. The van der Waals surface area contributed by atoms with Gasteiger partial charge in [0.05, 0.1) is 5.70 Å². The summed E-state index contributed by atoms with van der Waals surface area (Å²) in [4.78, 5) is 25.8. The van der Waals surface area contributed by atoms with E-state index >= 15 is 0 Å². The number of carboxylic acids is 1. The highest BCUT2D eigenvalue weighted by molar-refractivity contribution is 6.01. The number of aliphatic carboxylic acids is 1. The predicted molar refractivity (Wildman–Crippen MR) is 85.2 cm³/mol. The summed E-state index contributed by atoms with van der Waals surface area (Å²) in [6.07, 6.45) is 4.12. The van der Waals surface area contributed by atoms with Crippen molar-refractivity contribution < 1.29 is 14.7 Å². The normalized spacial score (nSPS) is 16.3. The van der Waals surface area contributed by atoms with E-state index in [1.165, 1.54) is 0 Å². The van der Waals surface area contributed by atoms with E-state index in [9.17, 15) is 9.59 Å². The van der Waals surface area contributed by atoms with Gasteiger partial charge in [-0.25, -0.2) is 0 Å². The Hall–Kier alpha value is -2.56. The smallest absolute Gasteiger partial charge is 0.303 e. The molecule has 1 aliphatic heterocycles. The van der Waals surface area contributed by atoms with Gasteiger partial charge in [0.1, 0.15) is 0 Å². The highest BCUT2D eigenvalue weighted by Gasteiger charge is 2.22. The van der Waals surface area contributed by atoms with Crippen molar-refractivity contribution in [2.24, 2.45) is 0 Å². The zero-order valence-electron chi connectivity index (χ0n) is 13.0. The number of H-pyrrole nitrogens is 1. The minimum Gasteiger partial charge on any atom is -0.481 e. The fourth-order valence-corrected chi connectivity index (χ4v) is 2.70. The Morgan fingerprint density at radius 1 is 1.32 bits per heavy atom. The van der Waals surface area contributed by atoms with Gasteiger partial charge in [-0.1, -0.05) is 12.7 Å². The summed E-state index contributed by atoms with van der Waals surface area (Å²) < 4.78 is 0. The van der Waals surface area contributed by atoms with Gasteiger partial charge in [-0.15, -0.1) is 0 Å². The first-order valence-electron chi connectivity index (χ1n) is 7.11. The molecule has 0 saturated carbocycles. The monoisotopic (exact) mass is 300 g/mol. The van der Waals surface area contributed by atoms with Gasteiger partial charge >= 0.3 is 5.97 Å². The number of rotatable bonds is 5. The van der Waals surface area contributed by atoms with Gasteiger partial charge in [0.25, 0.3) is 5.91 Å². The Labute approximate surface area is 129 Å². The van der Waals surface area contributed by atoms with Crippen molar-refractivity contribution in [3.05, 3.63) is 52.0 Å². The van der Waals surface area contributed by atoms with Crippen LogP contribution in [0.1, 0.15) is 35.9 Å². The highest BCUT2D eigenvalue weighted by atomic mass is 16.4. The fourth-order valence-electron chi connectivity index (χ4n) is 2.70. The molecule has 0 spiro atoms. The van der Waals surface area contributed by atoms with Crippen LogP contribution in [0, 0.1) is 13.8 Å². The van der Waals surface area contributed by atoms with E-state index in [0.29, 0.717) is 17.7 Å². The van der Waals surface area contributed by atoms with E-state index in [0.717, 1.165) is 28.1 Å². The summed E-state index contributed by atoms with van der Waals surface area (Å²) in [6, 6.07) is 0. The average Bonchev–Trinajstić information content (AvgIpc) is 2.86. The molecule has 1 aromatic heterocycles. The SMILES string of the molecule is C=CC1=C(C)C(=O)N/C1=C\c1[nH]c(C)c(CCC(=O)O)c1C. The topological polar surface area (TPSA) is 82.2 Å². The van der Waals surface area contributed by atoms with Gasteiger partial charge < -0.3 is 15.4 Å². The summed E-state index contributed by atoms with van der Waals surface area (Å²) in [5, 5.41) is 11.7. The number of carbonyl (C=O) groups is 2. The molecule has 0 radical (unpaired) electrons. The molecule has 1 aliphatic rings. The first-order valence-corrected chi connectivity index (χ1v) is 7.11. The van der Waals surface area contributed by atoms with E-state index in [2.05, 4.69) is 16.9 Å². The molecular weight excluding hydrogens is 280 g/mol. The Kier molecular flexibility index (Phi) is 4.35. The third-order valence-corrected chi connectivity index (χ3v) is 4.00. The predicted octanol–water partition coefficient (Wildman–Crippen LogP) is 2.62.